The van der Waals surface area contributed by atoms with E-state index in [2.05, 4.69) is 13.8 Å². The van der Waals surface area contributed by atoms with Crippen LogP contribution < -0.4 is 0 Å². The summed E-state index contributed by atoms with van der Waals surface area (Å²) in [5.74, 6) is 0.585. The number of hydrogen-bond acceptors (Lipinski definition) is 2. The van der Waals surface area contributed by atoms with E-state index in [-0.39, 0.29) is 5.97 Å². The zero-order valence-electron chi connectivity index (χ0n) is 7.72. The minimum Gasteiger partial charge on any atom is -0.466 e. The SMILES string of the molecule is CC(=O)OCCCCC(C)C. The number of unbranched alkanes of at least 4 members (excludes halogenated alkanes) is 1. The molecule has 11 heavy (non-hydrogen) atoms. The van der Waals surface area contributed by atoms with Crippen LogP contribution in [0, 0.1) is 5.92 Å². The highest BCUT2D eigenvalue weighted by atomic mass is 16.5. The third kappa shape index (κ3) is 9.47. The molecule has 66 valence electrons. The van der Waals surface area contributed by atoms with Crippen molar-refractivity contribution in [2.75, 3.05) is 6.61 Å². The Labute approximate surface area is 68.9 Å². The third-order valence-corrected chi connectivity index (χ3v) is 1.48. The third-order valence-electron chi connectivity index (χ3n) is 1.48. The van der Waals surface area contributed by atoms with Gasteiger partial charge in [-0.3, -0.25) is 4.79 Å². The van der Waals surface area contributed by atoms with Crippen molar-refractivity contribution in [3.8, 4) is 0 Å². The highest BCUT2D eigenvalue weighted by Crippen LogP contribution is 2.05. The van der Waals surface area contributed by atoms with Gasteiger partial charge in [-0.1, -0.05) is 20.3 Å². The van der Waals surface area contributed by atoms with Crippen molar-refractivity contribution in [3.63, 3.8) is 0 Å². The Hall–Kier alpha value is -0.530. The number of ether oxygens (including phenoxy) is 1. The largest absolute Gasteiger partial charge is 0.466 e. The molecule has 0 aromatic carbocycles. The molecular weight excluding hydrogens is 140 g/mol. The minimum absolute atomic E-state index is 0.172. The molecule has 0 bridgehead atoms. The number of rotatable bonds is 5. The quantitative estimate of drug-likeness (QED) is 0.453. The second-order valence-electron chi connectivity index (χ2n) is 3.23. The van der Waals surface area contributed by atoms with Crippen LogP contribution in [0.4, 0.5) is 0 Å². The van der Waals surface area contributed by atoms with Gasteiger partial charge in [-0.05, 0) is 18.8 Å². The monoisotopic (exact) mass is 158 g/mol. The molecule has 0 aliphatic heterocycles. The fraction of sp³-hybridized carbons (Fsp3) is 0.889. The number of carbonyl (C=O) groups is 1. The summed E-state index contributed by atoms with van der Waals surface area (Å²) in [6, 6.07) is 0. The van der Waals surface area contributed by atoms with Crippen LogP contribution in [0.1, 0.15) is 40.0 Å². The van der Waals surface area contributed by atoms with E-state index < -0.39 is 0 Å². The van der Waals surface area contributed by atoms with Crippen molar-refractivity contribution in [1.29, 1.82) is 0 Å². The first-order chi connectivity index (χ1) is 5.13. The van der Waals surface area contributed by atoms with Crippen molar-refractivity contribution in [3.05, 3.63) is 0 Å². The maximum atomic E-state index is 10.3. The van der Waals surface area contributed by atoms with Crippen molar-refractivity contribution in [2.24, 2.45) is 5.92 Å². The number of carbonyl (C=O) groups excluding carboxylic acids is 1. The Morgan fingerprint density at radius 2 is 2.00 bits per heavy atom. The van der Waals surface area contributed by atoms with Crippen LogP contribution in [0.15, 0.2) is 0 Å². The average Bonchev–Trinajstić information content (AvgIpc) is 1.85. The lowest BCUT2D eigenvalue weighted by atomic mass is 10.1. The van der Waals surface area contributed by atoms with Crippen LogP contribution in [0.5, 0.6) is 0 Å². The van der Waals surface area contributed by atoms with E-state index in [1.165, 1.54) is 13.3 Å². The van der Waals surface area contributed by atoms with Crippen molar-refractivity contribution in [2.45, 2.75) is 40.0 Å². The summed E-state index contributed by atoms with van der Waals surface area (Å²) in [4.78, 5) is 10.3. The predicted molar refractivity (Wildman–Crippen MR) is 45.3 cm³/mol. The first-order valence-electron chi connectivity index (χ1n) is 4.26. The number of hydrogen-bond donors (Lipinski definition) is 0. The first-order valence-corrected chi connectivity index (χ1v) is 4.26. The van der Waals surface area contributed by atoms with Crippen LogP contribution >= 0.6 is 0 Å². The Balaban J connectivity index is 2.97. The maximum absolute atomic E-state index is 10.3. The van der Waals surface area contributed by atoms with E-state index >= 15 is 0 Å². The molecule has 0 rings (SSSR count). The molecule has 0 aromatic heterocycles. The molecule has 0 fully saturated rings. The molecule has 0 aromatic rings. The molecule has 0 aliphatic carbocycles. The Morgan fingerprint density at radius 3 is 2.45 bits per heavy atom. The summed E-state index contributed by atoms with van der Waals surface area (Å²) in [5, 5.41) is 0. The summed E-state index contributed by atoms with van der Waals surface area (Å²) in [6.45, 7) is 6.43. The molecule has 2 heteroatoms. The normalized spacial score (nSPS) is 10.2. The van der Waals surface area contributed by atoms with Crippen molar-refractivity contribution in [1.82, 2.24) is 0 Å². The Morgan fingerprint density at radius 1 is 1.36 bits per heavy atom. The smallest absolute Gasteiger partial charge is 0.302 e. The summed E-state index contributed by atoms with van der Waals surface area (Å²) in [5.41, 5.74) is 0. The van der Waals surface area contributed by atoms with Gasteiger partial charge in [-0.2, -0.15) is 0 Å². The van der Waals surface area contributed by atoms with Gasteiger partial charge >= 0.3 is 5.97 Å². The second kappa shape index (κ2) is 6.20. The summed E-state index contributed by atoms with van der Waals surface area (Å²) < 4.78 is 4.78. The zero-order valence-corrected chi connectivity index (χ0v) is 7.72. The molecule has 0 atom stereocenters. The highest BCUT2D eigenvalue weighted by molar-refractivity contribution is 5.65. The highest BCUT2D eigenvalue weighted by Gasteiger charge is 1.95. The van der Waals surface area contributed by atoms with Crippen LogP contribution in [-0.4, -0.2) is 12.6 Å². The molecule has 0 saturated heterocycles. The van der Waals surface area contributed by atoms with Gasteiger partial charge in [-0.15, -0.1) is 0 Å². The van der Waals surface area contributed by atoms with Gasteiger partial charge in [0.25, 0.3) is 0 Å². The van der Waals surface area contributed by atoms with Gasteiger partial charge in [0, 0.05) is 6.92 Å². The lowest BCUT2D eigenvalue weighted by molar-refractivity contribution is -0.141. The lowest BCUT2D eigenvalue weighted by Gasteiger charge is -2.03. The van der Waals surface area contributed by atoms with E-state index in [1.807, 2.05) is 0 Å². The van der Waals surface area contributed by atoms with Gasteiger partial charge in [0.1, 0.15) is 0 Å². The van der Waals surface area contributed by atoms with E-state index in [0.717, 1.165) is 18.8 Å². The molecule has 0 heterocycles. The van der Waals surface area contributed by atoms with Crippen LogP contribution in [0.25, 0.3) is 0 Å². The second-order valence-corrected chi connectivity index (χ2v) is 3.23. The topological polar surface area (TPSA) is 26.3 Å². The molecule has 0 radical (unpaired) electrons. The van der Waals surface area contributed by atoms with Crippen molar-refractivity contribution >= 4 is 5.97 Å². The summed E-state index contributed by atoms with van der Waals surface area (Å²) in [6.07, 6.45) is 3.38. The first kappa shape index (κ1) is 10.5. The van der Waals surface area contributed by atoms with Gasteiger partial charge in [-0.25, -0.2) is 0 Å². The maximum Gasteiger partial charge on any atom is 0.302 e. The van der Waals surface area contributed by atoms with E-state index in [1.54, 1.807) is 0 Å². The van der Waals surface area contributed by atoms with E-state index in [9.17, 15) is 4.79 Å². The van der Waals surface area contributed by atoms with Gasteiger partial charge in [0.2, 0.25) is 0 Å². The molecular formula is C9H18O2. The minimum atomic E-state index is -0.172. The molecule has 0 saturated carbocycles. The van der Waals surface area contributed by atoms with Gasteiger partial charge < -0.3 is 4.74 Å². The molecule has 2 nitrogen and oxygen atoms in total. The Kier molecular flexibility index (Phi) is 5.90. The fourth-order valence-electron chi connectivity index (χ4n) is 0.871. The standard InChI is InChI=1S/C9H18O2/c1-8(2)6-4-5-7-11-9(3)10/h8H,4-7H2,1-3H3. The van der Waals surface area contributed by atoms with Gasteiger partial charge in [0.15, 0.2) is 0 Å². The average molecular weight is 158 g/mol. The molecule has 0 spiro atoms. The fourth-order valence-corrected chi connectivity index (χ4v) is 0.871. The van der Waals surface area contributed by atoms with Gasteiger partial charge in [0.05, 0.1) is 6.61 Å². The van der Waals surface area contributed by atoms with Crippen LogP contribution in [0.2, 0.25) is 0 Å². The summed E-state index contributed by atoms with van der Waals surface area (Å²) >= 11 is 0. The molecule has 0 N–H and O–H groups in total. The molecule has 0 amide bonds. The van der Waals surface area contributed by atoms with E-state index in [4.69, 9.17) is 4.74 Å². The Bertz CT molecular complexity index is 108. The van der Waals surface area contributed by atoms with E-state index in [0.29, 0.717) is 6.61 Å². The summed E-state index contributed by atoms with van der Waals surface area (Å²) in [7, 11) is 0. The van der Waals surface area contributed by atoms with Crippen LogP contribution in [0.3, 0.4) is 0 Å². The van der Waals surface area contributed by atoms with Crippen LogP contribution in [-0.2, 0) is 9.53 Å². The van der Waals surface area contributed by atoms with Crippen molar-refractivity contribution < 1.29 is 9.53 Å². The predicted octanol–water partition coefficient (Wildman–Crippen LogP) is 2.38. The number of esters is 1. The molecule has 0 aliphatic rings. The zero-order chi connectivity index (χ0) is 8.69. The molecule has 0 unspecified atom stereocenters. The lowest BCUT2D eigenvalue weighted by Crippen LogP contribution is -2.00.